The van der Waals surface area contributed by atoms with E-state index in [-0.39, 0.29) is 17.2 Å². The molecule has 0 saturated carbocycles. The molecule has 0 aliphatic carbocycles. The number of amides is 1. The van der Waals surface area contributed by atoms with E-state index in [1.807, 2.05) is 56.3 Å². The number of fused-ring (bicyclic) bond motifs is 1. The summed E-state index contributed by atoms with van der Waals surface area (Å²) in [5.74, 6) is 0.103. The summed E-state index contributed by atoms with van der Waals surface area (Å²) in [5.41, 5.74) is 6.86. The van der Waals surface area contributed by atoms with E-state index in [4.69, 9.17) is 0 Å². The van der Waals surface area contributed by atoms with Gasteiger partial charge in [0.1, 0.15) is 11.1 Å². The fourth-order valence-corrected chi connectivity index (χ4v) is 5.92. The number of aliphatic hydroxyl groups excluding tert-OH is 1. The number of benzene rings is 2. The van der Waals surface area contributed by atoms with Crippen molar-refractivity contribution in [1.82, 2.24) is 19.4 Å². The van der Waals surface area contributed by atoms with Crippen LogP contribution in [0.3, 0.4) is 0 Å². The van der Waals surface area contributed by atoms with Crippen LogP contribution < -0.4 is 16.2 Å². The van der Waals surface area contributed by atoms with Crippen LogP contribution in [0.1, 0.15) is 43.8 Å². The van der Waals surface area contributed by atoms with Gasteiger partial charge in [0, 0.05) is 67.6 Å². The predicted molar refractivity (Wildman–Crippen MR) is 175 cm³/mol. The maximum atomic E-state index is 13.5. The third kappa shape index (κ3) is 6.11. The van der Waals surface area contributed by atoms with Gasteiger partial charge in [-0.1, -0.05) is 24.3 Å². The number of rotatable bonds is 8. The lowest BCUT2D eigenvalue weighted by molar-refractivity contribution is 0.102. The first-order valence-electron chi connectivity index (χ1n) is 14.8. The molecule has 4 heterocycles. The Labute approximate surface area is 260 Å². The number of aromatic nitrogens is 3. The molecule has 10 heteroatoms. The summed E-state index contributed by atoms with van der Waals surface area (Å²) in [4.78, 5) is 48.7. The maximum absolute atomic E-state index is 13.5. The highest BCUT2D eigenvalue weighted by Gasteiger charge is 2.22. The first kappa shape index (κ1) is 29.9. The van der Waals surface area contributed by atoms with Crippen LogP contribution in [-0.4, -0.2) is 55.9 Å². The van der Waals surface area contributed by atoms with Gasteiger partial charge in [-0.05, 0) is 78.4 Å². The van der Waals surface area contributed by atoms with E-state index in [0.717, 1.165) is 51.7 Å². The van der Waals surface area contributed by atoms with Crippen LogP contribution in [-0.2, 0) is 13.6 Å². The molecule has 1 unspecified atom stereocenters. The van der Waals surface area contributed by atoms with E-state index in [2.05, 4.69) is 25.5 Å². The lowest BCUT2D eigenvalue weighted by atomic mass is 9.94. The zero-order chi connectivity index (χ0) is 31.7. The molecule has 45 heavy (non-hydrogen) atoms. The molecular formula is C35H34N6O4. The second-order valence-corrected chi connectivity index (χ2v) is 11.5. The Balaban J connectivity index is 1.27. The van der Waals surface area contributed by atoms with Crippen LogP contribution >= 0.6 is 0 Å². The number of anilines is 3. The molecular weight excluding hydrogens is 568 g/mol. The number of aryl methyl sites for hydroxylation is 1. The van der Waals surface area contributed by atoms with Gasteiger partial charge in [0.25, 0.3) is 11.5 Å². The quantitative estimate of drug-likeness (QED) is 0.212. The number of likely N-dealkylation sites (tertiary alicyclic amines) is 1. The molecule has 0 spiro atoms. The Kier molecular flexibility index (Phi) is 8.25. The minimum absolute atomic E-state index is 0.0680. The summed E-state index contributed by atoms with van der Waals surface area (Å²) in [6.45, 7) is 5.85. The van der Waals surface area contributed by atoms with Crippen molar-refractivity contribution in [2.24, 2.45) is 7.05 Å². The Morgan fingerprint density at radius 2 is 1.78 bits per heavy atom. The lowest BCUT2D eigenvalue weighted by Crippen LogP contribution is -2.29. The van der Waals surface area contributed by atoms with Crippen LogP contribution in [0.15, 0.2) is 78.0 Å². The van der Waals surface area contributed by atoms with Crippen LogP contribution in [0.2, 0.25) is 0 Å². The molecule has 2 aromatic carbocycles. The zero-order valence-corrected chi connectivity index (χ0v) is 25.4. The highest BCUT2D eigenvalue weighted by Crippen LogP contribution is 2.35. The van der Waals surface area contributed by atoms with Gasteiger partial charge in [0.2, 0.25) is 0 Å². The van der Waals surface area contributed by atoms with Crippen LogP contribution in [0.5, 0.6) is 0 Å². The second kappa shape index (κ2) is 12.4. The highest BCUT2D eigenvalue weighted by atomic mass is 16.3. The van der Waals surface area contributed by atoms with Gasteiger partial charge in [-0.2, -0.15) is 0 Å². The van der Waals surface area contributed by atoms with Crippen molar-refractivity contribution in [3.8, 4) is 11.1 Å². The molecule has 1 aliphatic heterocycles. The lowest BCUT2D eigenvalue weighted by Gasteiger charge is -2.18. The average molecular weight is 603 g/mol. The number of nitrogens with one attached hydrogen (secondary N) is 2. The summed E-state index contributed by atoms with van der Waals surface area (Å²) in [7, 11) is 1.64. The standard InChI is InChI=1S/C35H34N6O4/c1-21-27(6-4-8-30(21)38-33-32-25(10-12-36-33)14-23(20-42)16-37-32)28-7-5-9-31(22(28)2)39-34(44)29-15-24(17-40(3)35(29)45)18-41-13-11-26(43)19-41/h4-10,12,14-17,20,26,43H,11,13,18-19H2,1-3H3,(H,36,38)(H,39,44). The largest absolute Gasteiger partial charge is 0.392 e. The Bertz CT molecular complexity index is 2000. The van der Waals surface area contributed by atoms with E-state index >= 15 is 0 Å². The highest BCUT2D eigenvalue weighted by molar-refractivity contribution is 6.05. The summed E-state index contributed by atoms with van der Waals surface area (Å²) < 4.78 is 1.43. The third-order valence-corrected chi connectivity index (χ3v) is 8.35. The van der Waals surface area contributed by atoms with Crippen molar-refractivity contribution in [2.45, 2.75) is 32.9 Å². The van der Waals surface area contributed by atoms with Crippen LogP contribution in [0, 0.1) is 13.8 Å². The zero-order valence-electron chi connectivity index (χ0n) is 25.4. The van der Waals surface area contributed by atoms with Gasteiger partial charge in [-0.25, -0.2) is 4.98 Å². The first-order chi connectivity index (χ1) is 21.7. The van der Waals surface area contributed by atoms with Gasteiger partial charge in [-0.3, -0.25) is 24.3 Å². The number of carbonyl (C=O) groups is 2. The number of carbonyl (C=O) groups excluding carboxylic acids is 2. The van der Waals surface area contributed by atoms with Crippen molar-refractivity contribution in [3.05, 3.63) is 111 Å². The number of nitrogens with zero attached hydrogens (tertiary/aromatic N) is 4. The molecule has 1 fully saturated rings. The molecule has 0 bridgehead atoms. The smallest absolute Gasteiger partial charge is 0.263 e. The Hall–Kier alpha value is -5.19. The van der Waals surface area contributed by atoms with E-state index in [9.17, 15) is 19.5 Å². The topological polar surface area (TPSA) is 129 Å². The fourth-order valence-electron chi connectivity index (χ4n) is 5.92. The fraction of sp³-hybridized carbons (Fsp3) is 0.229. The molecule has 1 amide bonds. The van der Waals surface area contributed by atoms with Gasteiger partial charge < -0.3 is 20.3 Å². The van der Waals surface area contributed by atoms with Crippen molar-refractivity contribution in [3.63, 3.8) is 0 Å². The molecule has 10 nitrogen and oxygen atoms in total. The van der Waals surface area contributed by atoms with Gasteiger partial charge in [-0.15, -0.1) is 0 Å². The van der Waals surface area contributed by atoms with E-state index < -0.39 is 5.91 Å². The first-order valence-corrected chi connectivity index (χ1v) is 14.8. The average Bonchev–Trinajstić information content (AvgIpc) is 3.44. The molecule has 1 aliphatic rings. The number of hydrogen-bond donors (Lipinski definition) is 3. The SMILES string of the molecule is Cc1c(NC(=O)c2cc(CN3CCC(O)C3)cn(C)c2=O)cccc1-c1cccc(Nc2nccc3cc(C=O)cnc23)c1C. The van der Waals surface area contributed by atoms with Gasteiger partial charge in [0.15, 0.2) is 12.1 Å². The number of aliphatic hydroxyl groups is 1. The van der Waals surface area contributed by atoms with Crippen molar-refractivity contribution in [2.75, 3.05) is 23.7 Å². The monoisotopic (exact) mass is 602 g/mol. The molecule has 3 N–H and O–H groups in total. The molecule has 3 aromatic heterocycles. The summed E-state index contributed by atoms with van der Waals surface area (Å²) in [6, 6.07) is 16.9. The normalized spacial score (nSPS) is 14.9. The molecule has 0 radical (unpaired) electrons. The van der Waals surface area contributed by atoms with E-state index in [0.29, 0.717) is 42.1 Å². The van der Waals surface area contributed by atoms with E-state index in [1.165, 1.54) is 10.8 Å². The predicted octanol–water partition coefficient (Wildman–Crippen LogP) is 4.99. The molecule has 6 rings (SSSR count). The second-order valence-electron chi connectivity index (χ2n) is 11.5. The number of pyridine rings is 3. The number of aldehydes is 1. The third-order valence-electron chi connectivity index (χ3n) is 8.35. The summed E-state index contributed by atoms with van der Waals surface area (Å²) in [5, 5.41) is 17.1. The van der Waals surface area contributed by atoms with Crippen molar-refractivity contribution in [1.29, 1.82) is 0 Å². The van der Waals surface area contributed by atoms with Crippen molar-refractivity contribution >= 4 is 40.3 Å². The minimum Gasteiger partial charge on any atom is -0.392 e. The Morgan fingerprint density at radius 1 is 1.04 bits per heavy atom. The Morgan fingerprint density at radius 3 is 2.49 bits per heavy atom. The number of β-amino-alcohol motifs (C(OH)–C–C–N with tert-alkyl or cyclic N) is 1. The molecule has 1 atom stereocenters. The molecule has 5 aromatic rings. The van der Waals surface area contributed by atoms with Crippen LogP contribution in [0.25, 0.3) is 22.0 Å². The summed E-state index contributed by atoms with van der Waals surface area (Å²) >= 11 is 0. The molecule has 1 saturated heterocycles. The van der Waals surface area contributed by atoms with Gasteiger partial charge in [0.05, 0.1) is 6.10 Å². The van der Waals surface area contributed by atoms with E-state index in [1.54, 1.807) is 31.6 Å². The summed E-state index contributed by atoms with van der Waals surface area (Å²) in [6.07, 6.45) is 6.08. The maximum Gasteiger partial charge on any atom is 0.263 e. The minimum atomic E-state index is -0.474. The number of hydrogen-bond acceptors (Lipinski definition) is 8. The molecule has 228 valence electrons. The van der Waals surface area contributed by atoms with Crippen molar-refractivity contribution < 1.29 is 14.7 Å². The van der Waals surface area contributed by atoms with Crippen LogP contribution in [0.4, 0.5) is 17.2 Å². The van der Waals surface area contributed by atoms with Gasteiger partial charge >= 0.3 is 0 Å².